The highest BCUT2D eigenvalue weighted by atomic mass is 79.9. The van der Waals surface area contributed by atoms with Crippen LogP contribution in [0.15, 0.2) is 46.9 Å². The molecule has 38 heavy (non-hydrogen) atoms. The van der Waals surface area contributed by atoms with Gasteiger partial charge in [0.25, 0.3) is 5.91 Å². The summed E-state index contributed by atoms with van der Waals surface area (Å²) in [5, 5.41) is 4.19. The van der Waals surface area contributed by atoms with E-state index < -0.39 is 77.6 Å². The molecule has 0 heterocycles. The first-order valence-corrected chi connectivity index (χ1v) is 11.7. The summed E-state index contributed by atoms with van der Waals surface area (Å²) < 4.78 is 134. The lowest BCUT2D eigenvalue weighted by atomic mass is 9.95. The van der Waals surface area contributed by atoms with Crippen molar-refractivity contribution in [1.29, 1.82) is 0 Å². The third kappa shape index (κ3) is 9.16. The summed E-state index contributed by atoms with van der Waals surface area (Å²) in [5.74, 6) is -5.56. The van der Waals surface area contributed by atoms with E-state index in [9.17, 15) is 48.7 Å². The first kappa shape index (κ1) is 31.9. The molecule has 0 bridgehead atoms. The molecule has 0 aliphatic carbocycles. The number of carbonyl (C=O) groups excluding carboxylic acids is 1. The Balaban J connectivity index is 2.38. The lowest BCUT2D eigenvalue weighted by molar-refractivity contribution is -0.140. The predicted molar refractivity (Wildman–Crippen MR) is 124 cm³/mol. The van der Waals surface area contributed by atoms with Gasteiger partial charge in [-0.05, 0) is 58.8 Å². The summed E-state index contributed by atoms with van der Waals surface area (Å²) in [6, 6.07) is 4.53. The van der Waals surface area contributed by atoms with Gasteiger partial charge in [-0.3, -0.25) is 10.1 Å². The first-order chi connectivity index (χ1) is 17.3. The highest BCUT2D eigenvalue weighted by Gasteiger charge is 2.41. The van der Waals surface area contributed by atoms with Crippen molar-refractivity contribution in [2.45, 2.75) is 44.0 Å². The number of hydrogen-bond acceptors (Lipinski definition) is 2. The topological polar surface area (TPSA) is 41.1 Å². The summed E-state index contributed by atoms with van der Waals surface area (Å²) in [6.07, 6.45) is -17.1. The van der Waals surface area contributed by atoms with Gasteiger partial charge >= 0.3 is 18.5 Å². The molecule has 1 amide bonds. The van der Waals surface area contributed by atoms with E-state index in [-0.39, 0.29) is 21.6 Å². The van der Waals surface area contributed by atoms with E-state index >= 15 is 0 Å². The van der Waals surface area contributed by atoms with Crippen molar-refractivity contribution in [3.63, 3.8) is 0 Å². The molecule has 0 spiro atoms. The molecule has 0 saturated carbocycles. The maximum absolute atomic E-state index is 14.9. The van der Waals surface area contributed by atoms with Crippen LogP contribution >= 0.6 is 27.5 Å². The van der Waals surface area contributed by atoms with E-state index in [2.05, 4.69) is 21.2 Å². The zero-order valence-corrected chi connectivity index (χ0v) is 21.4. The standard InChI is InChI=1S/C23H18BrClF10N2O/c1-11(36-7-6-21(27,28)29)37-20(38)14-4-2-13(8-16(14)23(33,34)35)19(26)10-15(22(30,31)32)12-3-5-17(24)18(25)9-12/h2-5,8-11,15,36H,6-7H2,1H3,(H,37,38)/b19-10-. The largest absolute Gasteiger partial charge is 0.417 e. The molecule has 210 valence electrons. The van der Waals surface area contributed by atoms with E-state index in [1.807, 2.05) is 5.32 Å². The minimum atomic E-state index is -5.22. The third-order valence-electron chi connectivity index (χ3n) is 5.02. The number of benzene rings is 2. The van der Waals surface area contributed by atoms with E-state index in [0.717, 1.165) is 12.1 Å². The molecule has 2 rings (SSSR count). The van der Waals surface area contributed by atoms with Gasteiger partial charge in [0, 0.05) is 16.6 Å². The van der Waals surface area contributed by atoms with Gasteiger partial charge in [-0.2, -0.15) is 39.5 Å². The molecule has 0 aliphatic heterocycles. The molecule has 0 saturated heterocycles. The van der Waals surface area contributed by atoms with E-state index in [1.54, 1.807) is 0 Å². The lowest BCUT2D eigenvalue weighted by Gasteiger charge is -2.20. The Hall–Kier alpha value is -2.32. The molecule has 0 fully saturated rings. The van der Waals surface area contributed by atoms with Crippen molar-refractivity contribution in [2.24, 2.45) is 0 Å². The summed E-state index contributed by atoms with van der Waals surface area (Å²) in [4.78, 5) is 12.4. The van der Waals surface area contributed by atoms with Crippen LogP contribution in [0.2, 0.25) is 5.02 Å². The van der Waals surface area contributed by atoms with Crippen molar-refractivity contribution in [3.05, 3.63) is 74.2 Å². The maximum atomic E-state index is 14.9. The predicted octanol–water partition coefficient (Wildman–Crippen LogP) is 8.40. The fraction of sp³-hybridized carbons (Fsp3) is 0.348. The number of carbonyl (C=O) groups is 1. The zero-order chi connectivity index (χ0) is 29.1. The molecule has 2 aromatic rings. The summed E-state index contributed by atoms with van der Waals surface area (Å²) in [7, 11) is 0. The van der Waals surface area contributed by atoms with Crippen molar-refractivity contribution in [3.8, 4) is 0 Å². The van der Waals surface area contributed by atoms with Gasteiger partial charge in [-0.25, -0.2) is 4.39 Å². The number of rotatable bonds is 8. The Labute approximate surface area is 223 Å². The van der Waals surface area contributed by atoms with Crippen LogP contribution in [0.5, 0.6) is 0 Å². The van der Waals surface area contributed by atoms with Gasteiger partial charge in [0.05, 0.1) is 28.7 Å². The first-order valence-electron chi connectivity index (χ1n) is 10.5. The molecule has 2 unspecified atom stereocenters. The molecular formula is C23H18BrClF10N2O. The van der Waals surface area contributed by atoms with E-state index in [4.69, 9.17) is 11.6 Å². The van der Waals surface area contributed by atoms with Crippen molar-refractivity contribution in [1.82, 2.24) is 10.6 Å². The maximum Gasteiger partial charge on any atom is 0.417 e. The zero-order valence-electron chi connectivity index (χ0n) is 19.1. The monoisotopic (exact) mass is 642 g/mol. The number of amides is 1. The fourth-order valence-corrected chi connectivity index (χ4v) is 3.64. The van der Waals surface area contributed by atoms with Gasteiger partial charge < -0.3 is 5.32 Å². The average Bonchev–Trinajstić information content (AvgIpc) is 2.76. The Morgan fingerprint density at radius 1 is 1.03 bits per heavy atom. The number of hydrogen-bond donors (Lipinski definition) is 2. The SMILES string of the molecule is CC(NCCC(F)(F)F)NC(=O)c1ccc(/C(F)=C/C(c2ccc(Br)c(Cl)c2)C(F)(F)F)cc1C(F)(F)F. The van der Waals surface area contributed by atoms with E-state index in [1.165, 1.54) is 13.0 Å². The second kappa shape index (κ2) is 12.2. The van der Waals surface area contributed by atoms with Crippen molar-refractivity contribution < 1.29 is 48.7 Å². The second-order valence-corrected chi connectivity index (χ2v) is 9.24. The van der Waals surface area contributed by atoms with Gasteiger partial charge in [-0.15, -0.1) is 0 Å². The molecule has 3 nitrogen and oxygen atoms in total. The average molecular weight is 644 g/mol. The quantitative estimate of drug-likeness (QED) is 0.224. The Morgan fingerprint density at radius 3 is 2.18 bits per heavy atom. The number of halogens is 12. The second-order valence-electron chi connectivity index (χ2n) is 7.98. The van der Waals surface area contributed by atoms with Crippen LogP contribution < -0.4 is 10.6 Å². The molecule has 0 radical (unpaired) electrons. The van der Waals surface area contributed by atoms with Crippen LogP contribution in [-0.2, 0) is 6.18 Å². The highest BCUT2D eigenvalue weighted by Crippen LogP contribution is 2.41. The smallest absolute Gasteiger partial charge is 0.337 e. The lowest BCUT2D eigenvalue weighted by Crippen LogP contribution is -2.44. The summed E-state index contributed by atoms with van der Waals surface area (Å²) in [6.45, 7) is 0.555. The molecule has 0 aliphatic rings. The number of alkyl halides is 9. The van der Waals surface area contributed by atoms with Crippen LogP contribution in [0.4, 0.5) is 43.9 Å². The molecule has 2 aromatic carbocycles. The Kier molecular flexibility index (Phi) is 10.3. The van der Waals surface area contributed by atoms with Gasteiger partial charge in [0.15, 0.2) is 0 Å². The molecule has 2 N–H and O–H groups in total. The highest BCUT2D eigenvalue weighted by molar-refractivity contribution is 9.10. The molecular weight excluding hydrogens is 626 g/mol. The summed E-state index contributed by atoms with van der Waals surface area (Å²) >= 11 is 8.82. The van der Waals surface area contributed by atoms with Gasteiger partial charge in [-0.1, -0.05) is 23.7 Å². The molecule has 15 heteroatoms. The minimum absolute atomic E-state index is 0.0848. The van der Waals surface area contributed by atoms with E-state index in [0.29, 0.717) is 12.1 Å². The van der Waals surface area contributed by atoms with Crippen LogP contribution in [0.25, 0.3) is 5.83 Å². The molecule has 2 atom stereocenters. The summed E-state index contributed by atoms with van der Waals surface area (Å²) in [5.41, 5.74) is -4.03. The van der Waals surface area contributed by atoms with Crippen molar-refractivity contribution >= 4 is 39.3 Å². The van der Waals surface area contributed by atoms with Crippen LogP contribution in [0.1, 0.15) is 46.3 Å². The van der Waals surface area contributed by atoms with Crippen molar-refractivity contribution in [2.75, 3.05) is 6.54 Å². The normalized spacial score (nSPS) is 14.8. The minimum Gasteiger partial charge on any atom is -0.337 e. The van der Waals surface area contributed by atoms with Gasteiger partial charge in [0.1, 0.15) is 11.7 Å². The number of allylic oxidation sites excluding steroid dienone is 1. The molecule has 0 aromatic heterocycles. The Bertz CT molecular complexity index is 1180. The Morgan fingerprint density at radius 2 is 1.66 bits per heavy atom. The fourth-order valence-electron chi connectivity index (χ4n) is 3.21. The van der Waals surface area contributed by atoms with Gasteiger partial charge in [0.2, 0.25) is 0 Å². The van der Waals surface area contributed by atoms with Crippen LogP contribution in [0.3, 0.4) is 0 Å². The van der Waals surface area contributed by atoms with Crippen LogP contribution in [-0.4, -0.2) is 31.0 Å². The number of nitrogens with one attached hydrogen (secondary N) is 2. The van der Waals surface area contributed by atoms with Crippen LogP contribution in [0, 0.1) is 0 Å². The third-order valence-corrected chi connectivity index (χ3v) is 6.25.